The standard InChI is InChI=1S/C9H17NO/c1-2-7-11-8-9(4-1)5-3-6-10-9/h10H,1-8H2. The minimum absolute atomic E-state index is 0.385. The van der Waals surface area contributed by atoms with Crippen molar-refractivity contribution in [2.75, 3.05) is 19.8 Å². The van der Waals surface area contributed by atoms with E-state index in [-0.39, 0.29) is 0 Å². The molecule has 1 atom stereocenters. The van der Waals surface area contributed by atoms with Crippen LogP contribution >= 0.6 is 0 Å². The SMILES string of the molecule is C1CCC2(CCCN2)COC1. The van der Waals surface area contributed by atoms with Gasteiger partial charge in [-0.1, -0.05) is 0 Å². The molecule has 0 aromatic rings. The van der Waals surface area contributed by atoms with E-state index in [0.717, 1.165) is 13.2 Å². The van der Waals surface area contributed by atoms with Gasteiger partial charge in [0, 0.05) is 12.1 Å². The van der Waals surface area contributed by atoms with E-state index >= 15 is 0 Å². The topological polar surface area (TPSA) is 21.3 Å². The van der Waals surface area contributed by atoms with Crippen molar-refractivity contribution in [3.8, 4) is 0 Å². The molecule has 2 rings (SSSR count). The first-order chi connectivity index (χ1) is 5.41. The Morgan fingerprint density at radius 1 is 1.09 bits per heavy atom. The molecular formula is C9H17NO. The Labute approximate surface area is 68.3 Å². The lowest BCUT2D eigenvalue weighted by Crippen LogP contribution is -2.43. The van der Waals surface area contributed by atoms with E-state index < -0.39 is 0 Å². The third kappa shape index (κ3) is 1.57. The second kappa shape index (κ2) is 3.11. The molecule has 2 fully saturated rings. The summed E-state index contributed by atoms with van der Waals surface area (Å²) in [6.45, 7) is 3.12. The van der Waals surface area contributed by atoms with Crippen LogP contribution in [0.4, 0.5) is 0 Å². The highest BCUT2D eigenvalue weighted by Crippen LogP contribution is 2.27. The Hall–Kier alpha value is -0.0800. The van der Waals surface area contributed by atoms with E-state index in [1.54, 1.807) is 0 Å². The van der Waals surface area contributed by atoms with Gasteiger partial charge in [-0.3, -0.25) is 0 Å². The zero-order chi connectivity index (χ0) is 7.57. The zero-order valence-electron chi connectivity index (χ0n) is 7.07. The van der Waals surface area contributed by atoms with Crippen molar-refractivity contribution in [2.24, 2.45) is 0 Å². The molecule has 64 valence electrons. The molecule has 1 spiro atoms. The maximum absolute atomic E-state index is 5.57. The van der Waals surface area contributed by atoms with Gasteiger partial charge in [0.25, 0.3) is 0 Å². The highest BCUT2D eigenvalue weighted by Gasteiger charge is 2.33. The summed E-state index contributed by atoms with van der Waals surface area (Å²) < 4.78 is 5.57. The van der Waals surface area contributed by atoms with Crippen LogP contribution in [-0.4, -0.2) is 25.3 Å². The van der Waals surface area contributed by atoms with Crippen LogP contribution in [0.1, 0.15) is 32.1 Å². The Morgan fingerprint density at radius 3 is 2.82 bits per heavy atom. The summed E-state index contributed by atoms with van der Waals surface area (Å²) in [4.78, 5) is 0. The summed E-state index contributed by atoms with van der Waals surface area (Å²) in [6.07, 6.45) is 6.58. The van der Waals surface area contributed by atoms with E-state index in [9.17, 15) is 0 Å². The van der Waals surface area contributed by atoms with Crippen LogP contribution in [0.25, 0.3) is 0 Å². The van der Waals surface area contributed by atoms with Crippen molar-refractivity contribution in [3.63, 3.8) is 0 Å². The van der Waals surface area contributed by atoms with Gasteiger partial charge in [0.05, 0.1) is 6.61 Å². The first-order valence-corrected chi connectivity index (χ1v) is 4.74. The normalized spacial score (nSPS) is 39.3. The maximum Gasteiger partial charge on any atom is 0.0648 e. The van der Waals surface area contributed by atoms with E-state index in [0.29, 0.717) is 5.54 Å². The van der Waals surface area contributed by atoms with Crippen molar-refractivity contribution in [2.45, 2.75) is 37.6 Å². The van der Waals surface area contributed by atoms with Crippen molar-refractivity contribution in [3.05, 3.63) is 0 Å². The molecule has 0 aliphatic carbocycles. The molecule has 1 N–H and O–H groups in total. The minimum Gasteiger partial charge on any atom is -0.380 e. The lowest BCUT2D eigenvalue weighted by atomic mass is 9.93. The number of nitrogens with one attached hydrogen (secondary N) is 1. The van der Waals surface area contributed by atoms with E-state index in [2.05, 4.69) is 5.32 Å². The summed E-state index contributed by atoms with van der Waals surface area (Å²) in [6, 6.07) is 0. The number of hydrogen-bond acceptors (Lipinski definition) is 2. The fourth-order valence-electron chi connectivity index (χ4n) is 2.21. The van der Waals surface area contributed by atoms with Gasteiger partial charge in [-0.05, 0) is 38.6 Å². The fourth-order valence-corrected chi connectivity index (χ4v) is 2.21. The van der Waals surface area contributed by atoms with Gasteiger partial charge in [0.2, 0.25) is 0 Å². The van der Waals surface area contributed by atoms with Crippen LogP contribution in [0, 0.1) is 0 Å². The molecule has 2 nitrogen and oxygen atoms in total. The Morgan fingerprint density at radius 2 is 2.00 bits per heavy atom. The van der Waals surface area contributed by atoms with Gasteiger partial charge >= 0.3 is 0 Å². The van der Waals surface area contributed by atoms with Gasteiger partial charge in [-0.2, -0.15) is 0 Å². The predicted molar refractivity (Wildman–Crippen MR) is 44.6 cm³/mol. The van der Waals surface area contributed by atoms with Crippen molar-refractivity contribution in [1.82, 2.24) is 5.32 Å². The number of hydrogen-bond donors (Lipinski definition) is 1. The lowest BCUT2D eigenvalue weighted by molar-refractivity contribution is 0.0929. The molecule has 11 heavy (non-hydrogen) atoms. The second-order valence-electron chi connectivity index (χ2n) is 3.82. The molecule has 2 aliphatic rings. The predicted octanol–water partition coefficient (Wildman–Crippen LogP) is 1.31. The largest absolute Gasteiger partial charge is 0.380 e. The molecule has 1 unspecified atom stereocenters. The second-order valence-corrected chi connectivity index (χ2v) is 3.82. The van der Waals surface area contributed by atoms with E-state index in [4.69, 9.17) is 4.74 Å². The lowest BCUT2D eigenvalue weighted by Gasteiger charge is -2.26. The molecule has 0 aromatic heterocycles. The van der Waals surface area contributed by atoms with Gasteiger partial charge < -0.3 is 10.1 Å². The zero-order valence-corrected chi connectivity index (χ0v) is 7.07. The first-order valence-electron chi connectivity index (χ1n) is 4.74. The average Bonchev–Trinajstić information content (AvgIpc) is 2.32. The summed E-state index contributed by atoms with van der Waals surface area (Å²) in [5.41, 5.74) is 0.385. The maximum atomic E-state index is 5.57. The Kier molecular flexibility index (Phi) is 2.14. The van der Waals surface area contributed by atoms with Crippen molar-refractivity contribution < 1.29 is 4.74 Å². The quantitative estimate of drug-likeness (QED) is 0.569. The molecule has 0 aromatic carbocycles. The molecule has 0 saturated carbocycles. The number of rotatable bonds is 0. The molecule has 2 aliphatic heterocycles. The van der Waals surface area contributed by atoms with Crippen molar-refractivity contribution >= 4 is 0 Å². The van der Waals surface area contributed by atoms with Crippen molar-refractivity contribution in [1.29, 1.82) is 0 Å². The fraction of sp³-hybridized carbons (Fsp3) is 1.00. The van der Waals surface area contributed by atoms with Gasteiger partial charge in [-0.25, -0.2) is 0 Å². The third-order valence-electron chi connectivity index (χ3n) is 2.90. The summed E-state index contributed by atoms with van der Waals surface area (Å²) in [5, 5.41) is 3.59. The van der Waals surface area contributed by atoms with Crippen LogP contribution < -0.4 is 5.32 Å². The smallest absolute Gasteiger partial charge is 0.0648 e. The van der Waals surface area contributed by atoms with E-state index in [1.165, 1.54) is 38.6 Å². The molecular weight excluding hydrogens is 138 g/mol. The van der Waals surface area contributed by atoms with Crippen LogP contribution in [0.3, 0.4) is 0 Å². The van der Waals surface area contributed by atoms with Crippen LogP contribution in [0.2, 0.25) is 0 Å². The molecule has 2 heterocycles. The summed E-state index contributed by atoms with van der Waals surface area (Å²) in [5.74, 6) is 0. The van der Waals surface area contributed by atoms with Gasteiger partial charge in [0.1, 0.15) is 0 Å². The highest BCUT2D eigenvalue weighted by molar-refractivity contribution is 4.93. The molecule has 2 saturated heterocycles. The third-order valence-corrected chi connectivity index (χ3v) is 2.90. The Bertz CT molecular complexity index is 120. The van der Waals surface area contributed by atoms with Gasteiger partial charge in [-0.15, -0.1) is 0 Å². The molecule has 0 radical (unpaired) electrons. The highest BCUT2D eigenvalue weighted by atomic mass is 16.5. The Balaban J connectivity index is 1.97. The van der Waals surface area contributed by atoms with Gasteiger partial charge in [0.15, 0.2) is 0 Å². The number of ether oxygens (including phenoxy) is 1. The summed E-state index contributed by atoms with van der Waals surface area (Å²) >= 11 is 0. The van der Waals surface area contributed by atoms with E-state index in [1.807, 2.05) is 0 Å². The molecule has 2 heteroatoms. The minimum atomic E-state index is 0.385. The van der Waals surface area contributed by atoms with Crippen LogP contribution in [0.15, 0.2) is 0 Å². The first kappa shape index (κ1) is 7.56. The molecule has 0 bridgehead atoms. The monoisotopic (exact) mass is 155 g/mol. The summed E-state index contributed by atoms with van der Waals surface area (Å²) in [7, 11) is 0. The van der Waals surface area contributed by atoms with Crippen LogP contribution in [0.5, 0.6) is 0 Å². The molecule has 0 amide bonds. The average molecular weight is 155 g/mol. The van der Waals surface area contributed by atoms with Crippen LogP contribution in [-0.2, 0) is 4.74 Å².